The molecule has 0 fully saturated rings. The van der Waals surface area contributed by atoms with Gasteiger partial charge in [-0.1, -0.05) is 89.2 Å². The molecule has 0 aromatic heterocycles. The minimum atomic E-state index is -0.895. The first-order valence-electron chi connectivity index (χ1n) is 13.0. The molecule has 4 heteroatoms. The largest absolute Gasteiger partial charge is 0.385 e. The summed E-state index contributed by atoms with van der Waals surface area (Å²) in [4.78, 5) is 0. The highest BCUT2D eigenvalue weighted by atomic mass is 16.9. The van der Waals surface area contributed by atoms with Gasteiger partial charge in [0.25, 0.3) is 5.97 Å². The molecule has 0 aliphatic rings. The monoisotopic (exact) mass is 442 g/mol. The zero-order chi connectivity index (χ0) is 23.0. The highest BCUT2D eigenvalue weighted by Gasteiger charge is 2.39. The van der Waals surface area contributed by atoms with E-state index in [1.165, 1.54) is 96.3 Å². The molecule has 31 heavy (non-hydrogen) atoms. The second-order valence-electron chi connectivity index (χ2n) is 8.79. The minimum Gasteiger partial charge on any atom is -0.385 e. The van der Waals surface area contributed by atoms with Crippen LogP contribution in [0.5, 0.6) is 0 Å². The van der Waals surface area contributed by atoms with Crippen LogP contribution in [0.3, 0.4) is 0 Å². The third-order valence-corrected chi connectivity index (χ3v) is 6.41. The number of ether oxygens (including phenoxy) is 4. The summed E-state index contributed by atoms with van der Waals surface area (Å²) in [5, 5.41) is 0. The molecule has 0 aliphatic carbocycles. The second kappa shape index (κ2) is 22.8. The number of rotatable bonds is 24. The Bertz CT molecular complexity index is 371. The van der Waals surface area contributed by atoms with Crippen LogP contribution in [0.25, 0.3) is 0 Å². The van der Waals surface area contributed by atoms with Gasteiger partial charge in [0.2, 0.25) is 0 Å². The van der Waals surface area contributed by atoms with Gasteiger partial charge in [0.15, 0.2) is 0 Å². The number of allylic oxidation sites excluding steroid dienone is 2. The molecule has 0 rings (SSSR count). The molecule has 4 nitrogen and oxygen atoms in total. The zero-order valence-electron chi connectivity index (χ0n) is 21.6. The predicted octanol–water partition coefficient (Wildman–Crippen LogP) is 8.05. The van der Waals surface area contributed by atoms with Gasteiger partial charge in [0, 0.05) is 41.0 Å². The van der Waals surface area contributed by atoms with Crippen molar-refractivity contribution in [2.75, 3.05) is 35.0 Å². The van der Waals surface area contributed by atoms with Crippen molar-refractivity contribution < 1.29 is 18.9 Å². The molecule has 0 bridgehead atoms. The lowest BCUT2D eigenvalue weighted by atomic mass is 9.91. The van der Waals surface area contributed by atoms with Crippen LogP contribution in [0.4, 0.5) is 0 Å². The number of methoxy groups -OCH3 is 4. The first-order valence-corrected chi connectivity index (χ1v) is 13.0. The lowest BCUT2D eigenvalue weighted by molar-refractivity contribution is -0.380. The summed E-state index contributed by atoms with van der Waals surface area (Å²) >= 11 is 0. The molecule has 0 saturated heterocycles. The maximum absolute atomic E-state index is 5.71. The molecule has 0 aromatic rings. The Hall–Kier alpha value is -0.420. The fourth-order valence-corrected chi connectivity index (χ4v) is 4.47. The molecule has 186 valence electrons. The van der Waals surface area contributed by atoms with E-state index in [0.29, 0.717) is 0 Å². The highest BCUT2D eigenvalue weighted by Crippen LogP contribution is 2.33. The van der Waals surface area contributed by atoms with E-state index in [1.54, 1.807) is 28.4 Å². The van der Waals surface area contributed by atoms with Gasteiger partial charge in [-0.3, -0.25) is 0 Å². The van der Waals surface area contributed by atoms with E-state index in [4.69, 9.17) is 18.9 Å². The standard InChI is InChI=1S/C27H54O4/c1-6-7-8-9-10-11-14-17-20-23-26(27(29-3,30-4)31-5)24-21-18-15-12-13-16-19-22-25-28-2/h6-7,26H,8-25H2,1-5H3. The van der Waals surface area contributed by atoms with Crippen molar-refractivity contribution in [3.63, 3.8) is 0 Å². The van der Waals surface area contributed by atoms with Crippen LogP contribution >= 0.6 is 0 Å². The summed E-state index contributed by atoms with van der Waals surface area (Å²) in [5.41, 5.74) is 0. The topological polar surface area (TPSA) is 36.9 Å². The summed E-state index contributed by atoms with van der Waals surface area (Å²) < 4.78 is 22.2. The van der Waals surface area contributed by atoms with E-state index in [1.807, 2.05) is 0 Å². The molecular weight excluding hydrogens is 388 g/mol. The fourth-order valence-electron chi connectivity index (χ4n) is 4.47. The third-order valence-electron chi connectivity index (χ3n) is 6.41. The molecule has 0 radical (unpaired) electrons. The molecule has 0 aromatic carbocycles. The van der Waals surface area contributed by atoms with Crippen molar-refractivity contribution in [2.45, 2.75) is 122 Å². The molecule has 1 unspecified atom stereocenters. The molecule has 0 amide bonds. The van der Waals surface area contributed by atoms with Crippen LogP contribution in [-0.2, 0) is 18.9 Å². The maximum atomic E-state index is 5.71. The van der Waals surface area contributed by atoms with Gasteiger partial charge in [-0.05, 0) is 39.0 Å². The summed E-state index contributed by atoms with van der Waals surface area (Å²) in [6, 6.07) is 0. The van der Waals surface area contributed by atoms with Crippen molar-refractivity contribution in [1.82, 2.24) is 0 Å². The van der Waals surface area contributed by atoms with Crippen molar-refractivity contribution in [3.05, 3.63) is 12.2 Å². The van der Waals surface area contributed by atoms with Gasteiger partial charge < -0.3 is 18.9 Å². The fraction of sp³-hybridized carbons (Fsp3) is 0.926. The average Bonchev–Trinajstić information content (AvgIpc) is 2.80. The Morgan fingerprint density at radius 1 is 0.581 bits per heavy atom. The van der Waals surface area contributed by atoms with Crippen LogP contribution in [0.2, 0.25) is 0 Å². The first kappa shape index (κ1) is 30.6. The molecule has 0 aliphatic heterocycles. The Balaban J connectivity index is 4.10. The van der Waals surface area contributed by atoms with Gasteiger partial charge in [-0.15, -0.1) is 0 Å². The van der Waals surface area contributed by atoms with E-state index < -0.39 is 5.97 Å². The lowest BCUT2D eigenvalue weighted by Crippen LogP contribution is -2.44. The molecular formula is C27H54O4. The Morgan fingerprint density at radius 2 is 1.00 bits per heavy atom. The SMILES string of the molecule is CC=CCCCCCCCCC(CCCCCCCCCCOC)C(OC)(OC)OC. The normalized spacial score (nSPS) is 13.3. The van der Waals surface area contributed by atoms with E-state index in [9.17, 15) is 0 Å². The third kappa shape index (κ3) is 15.9. The highest BCUT2D eigenvalue weighted by molar-refractivity contribution is 4.76. The summed E-state index contributed by atoms with van der Waals surface area (Å²) in [7, 11) is 6.89. The van der Waals surface area contributed by atoms with Gasteiger partial charge in [0.05, 0.1) is 0 Å². The minimum absolute atomic E-state index is 0.288. The van der Waals surface area contributed by atoms with Crippen LogP contribution in [0, 0.1) is 5.92 Å². The summed E-state index contributed by atoms with van der Waals surface area (Å²) in [6.45, 7) is 3.00. The lowest BCUT2D eigenvalue weighted by Gasteiger charge is -2.36. The zero-order valence-corrected chi connectivity index (χ0v) is 21.6. The van der Waals surface area contributed by atoms with Gasteiger partial charge in [-0.25, -0.2) is 0 Å². The van der Waals surface area contributed by atoms with Gasteiger partial charge in [-0.2, -0.15) is 0 Å². The molecule has 1 atom stereocenters. The second-order valence-corrected chi connectivity index (χ2v) is 8.79. The van der Waals surface area contributed by atoms with Crippen LogP contribution < -0.4 is 0 Å². The van der Waals surface area contributed by atoms with Crippen LogP contribution in [0.15, 0.2) is 12.2 Å². The molecule has 0 N–H and O–H groups in total. The van der Waals surface area contributed by atoms with Crippen molar-refractivity contribution in [2.24, 2.45) is 5.92 Å². The van der Waals surface area contributed by atoms with Gasteiger partial charge in [0.1, 0.15) is 0 Å². The average molecular weight is 443 g/mol. The van der Waals surface area contributed by atoms with E-state index >= 15 is 0 Å². The Labute approximate surface area is 194 Å². The van der Waals surface area contributed by atoms with E-state index in [0.717, 1.165) is 19.4 Å². The van der Waals surface area contributed by atoms with Gasteiger partial charge >= 0.3 is 0 Å². The Morgan fingerprint density at radius 3 is 1.42 bits per heavy atom. The summed E-state index contributed by atoms with van der Waals surface area (Å²) in [6.07, 6.45) is 26.0. The van der Waals surface area contributed by atoms with Crippen molar-refractivity contribution in [1.29, 1.82) is 0 Å². The summed E-state index contributed by atoms with van der Waals surface area (Å²) in [5.74, 6) is -0.607. The van der Waals surface area contributed by atoms with Crippen molar-refractivity contribution in [3.8, 4) is 0 Å². The molecule has 0 saturated carbocycles. The predicted molar refractivity (Wildman–Crippen MR) is 132 cm³/mol. The molecule has 0 heterocycles. The van der Waals surface area contributed by atoms with Crippen LogP contribution in [-0.4, -0.2) is 41.0 Å². The van der Waals surface area contributed by atoms with Crippen molar-refractivity contribution >= 4 is 0 Å². The number of hydrogen-bond donors (Lipinski definition) is 0. The van der Waals surface area contributed by atoms with E-state index in [-0.39, 0.29) is 5.92 Å². The smallest absolute Gasteiger partial charge is 0.285 e. The van der Waals surface area contributed by atoms with E-state index in [2.05, 4.69) is 19.1 Å². The maximum Gasteiger partial charge on any atom is 0.285 e. The van der Waals surface area contributed by atoms with Crippen LogP contribution in [0.1, 0.15) is 116 Å². The quantitative estimate of drug-likeness (QED) is 0.0860. The number of unbranched alkanes of at least 4 members (excludes halogenated alkanes) is 13. The molecule has 0 spiro atoms. The Kier molecular flexibility index (Phi) is 22.5. The first-order chi connectivity index (χ1) is 15.2. The number of hydrogen-bond acceptors (Lipinski definition) is 4.